The smallest absolute Gasteiger partial charge is 0.147 e. The van der Waals surface area contributed by atoms with Crippen molar-refractivity contribution in [3.8, 4) is 0 Å². The summed E-state index contributed by atoms with van der Waals surface area (Å²) in [6, 6.07) is 0. The molecule has 1 saturated heterocycles. The molecular formula is C14H24N4. The summed E-state index contributed by atoms with van der Waals surface area (Å²) in [4.78, 5) is 11.3. The second-order valence-electron chi connectivity index (χ2n) is 5.46. The molecule has 100 valence electrons. The van der Waals surface area contributed by atoms with Gasteiger partial charge in [-0.05, 0) is 31.7 Å². The molecule has 1 aromatic rings. The third-order valence-electron chi connectivity index (χ3n) is 3.86. The Hall–Kier alpha value is -1.16. The quantitative estimate of drug-likeness (QED) is 0.885. The van der Waals surface area contributed by atoms with E-state index in [0.29, 0.717) is 0 Å². The van der Waals surface area contributed by atoms with Crippen LogP contribution < -0.4 is 10.2 Å². The van der Waals surface area contributed by atoms with E-state index in [1.165, 1.54) is 12.8 Å². The van der Waals surface area contributed by atoms with Gasteiger partial charge in [-0.2, -0.15) is 0 Å². The van der Waals surface area contributed by atoms with Crippen LogP contribution in [0.25, 0.3) is 0 Å². The fourth-order valence-corrected chi connectivity index (χ4v) is 2.58. The number of rotatable bonds is 4. The molecule has 18 heavy (non-hydrogen) atoms. The molecule has 2 heterocycles. The highest BCUT2D eigenvalue weighted by molar-refractivity contribution is 5.36. The molecule has 4 heteroatoms. The Morgan fingerprint density at radius 3 is 2.50 bits per heavy atom. The Morgan fingerprint density at radius 1 is 1.28 bits per heavy atom. The summed E-state index contributed by atoms with van der Waals surface area (Å²) in [5.74, 6) is 2.70. The molecule has 1 aromatic heterocycles. The van der Waals surface area contributed by atoms with Crippen LogP contribution in [0.1, 0.15) is 32.4 Å². The van der Waals surface area contributed by atoms with Crippen molar-refractivity contribution < 1.29 is 0 Å². The zero-order valence-corrected chi connectivity index (χ0v) is 11.7. The molecule has 0 spiro atoms. The minimum absolute atomic E-state index is 0.780. The minimum atomic E-state index is 0.780. The van der Waals surface area contributed by atoms with Crippen molar-refractivity contribution in [2.24, 2.45) is 11.8 Å². The zero-order chi connectivity index (χ0) is 13.0. The molecule has 0 saturated carbocycles. The van der Waals surface area contributed by atoms with Gasteiger partial charge in [-0.3, -0.25) is 4.98 Å². The van der Waals surface area contributed by atoms with Crippen LogP contribution >= 0.6 is 0 Å². The van der Waals surface area contributed by atoms with E-state index in [4.69, 9.17) is 0 Å². The van der Waals surface area contributed by atoms with Gasteiger partial charge in [0, 0.05) is 19.6 Å². The van der Waals surface area contributed by atoms with Crippen molar-refractivity contribution in [2.45, 2.75) is 33.2 Å². The van der Waals surface area contributed by atoms with Gasteiger partial charge < -0.3 is 10.2 Å². The van der Waals surface area contributed by atoms with Crippen LogP contribution in [0.2, 0.25) is 0 Å². The van der Waals surface area contributed by atoms with Crippen molar-refractivity contribution in [3.05, 3.63) is 18.1 Å². The summed E-state index contributed by atoms with van der Waals surface area (Å²) < 4.78 is 0. The molecule has 0 aliphatic carbocycles. The fraction of sp³-hybridized carbons (Fsp3) is 0.714. The molecule has 1 fully saturated rings. The van der Waals surface area contributed by atoms with Gasteiger partial charge in [0.05, 0.1) is 18.1 Å². The average Bonchev–Trinajstić information content (AvgIpc) is 2.40. The van der Waals surface area contributed by atoms with Crippen molar-refractivity contribution in [1.82, 2.24) is 15.3 Å². The number of piperidine rings is 1. The topological polar surface area (TPSA) is 41.1 Å². The van der Waals surface area contributed by atoms with E-state index in [9.17, 15) is 0 Å². The number of hydrogen-bond acceptors (Lipinski definition) is 4. The van der Waals surface area contributed by atoms with Crippen LogP contribution in [-0.2, 0) is 6.54 Å². The minimum Gasteiger partial charge on any atom is -0.355 e. The Morgan fingerprint density at radius 2 is 2.00 bits per heavy atom. The number of hydrogen-bond donors (Lipinski definition) is 1. The van der Waals surface area contributed by atoms with E-state index in [1.807, 2.05) is 19.4 Å². The summed E-state index contributed by atoms with van der Waals surface area (Å²) in [7, 11) is 1.92. The fourth-order valence-electron chi connectivity index (χ4n) is 2.58. The zero-order valence-electron chi connectivity index (χ0n) is 11.7. The van der Waals surface area contributed by atoms with Crippen LogP contribution in [0.4, 0.5) is 5.82 Å². The standard InChI is InChI=1S/C14H24N4/c1-11(2)12-4-6-18(7-5-12)14-10-16-13(8-15-3)9-17-14/h9-12,15H,4-8H2,1-3H3. The van der Waals surface area contributed by atoms with Crippen molar-refractivity contribution in [3.63, 3.8) is 0 Å². The van der Waals surface area contributed by atoms with Gasteiger partial charge in [0.25, 0.3) is 0 Å². The molecule has 2 rings (SSSR count). The van der Waals surface area contributed by atoms with Crippen molar-refractivity contribution in [2.75, 3.05) is 25.0 Å². The first-order valence-corrected chi connectivity index (χ1v) is 6.91. The summed E-state index contributed by atoms with van der Waals surface area (Å²) in [5, 5.41) is 3.09. The molecule has 1 aliphatic rings. The van der Waals surface area contributed by atoms with Crippen LogP contribution in [0.15, 0.2) is 12.4 Å². The van der Waals surface area contributed by atoms with Gasteiger partial charge in [0.15, 0.2) is 0 Å². The highest BCUT2D eigenvalue weighted by Gasteiger charge is 2.22. The lowest BCUT2D eigenvalue weighted by atomic mass is 9.87. The molecule has 0 radical (unpaired) electrons. The second kappa shape index (κ2) is 6.14. The molecule has 0 amide bonds. The molecular weight excluding hydrogens is 224 g/mol. The Bertz CT molecular complexity index is 353. The maximum absolute atomic E-state index is 4.51. The Balaban J connectivity index is 1.93. The first-order chi connectivity index (χ1) is 8.70. The highest BCUT2D eigenvalue weighted by Crippen LogP contribution is 2.26. The van der Waals surface area contributed by atoms with Gasteiger partial charge >= 0.3 is 0 Å². The SMILES string of the molecule is CNCc1cnc(N2CCC(C(C)C)CC2)cn1. The summed E-state index contributed by atoms with van der Waals surface area (Å²) in [6.45, 7) is 7.66. The lowest BCUT2D eigenvalue weighted by molar-refractivity contribution is 0.310. The first kappa shape index (κ1) is 13.3. The van der Waals surface area contributed by atoms with E-state index in [1.54, 1.807) is 0 Å². The molecule has 4 nitrogen and oxygen atoms in total. The van der Waals surface area contributed by atoms with Crippen LogP contribution in [0, 0.1) is 11.8 Å². The predicted octanol–water partition coefficient (Wildman–Crippen LogP) is 2.07. The summed E-state index contributed by atoms with van der Waals surface area (Å²) in [5.41, 5.74) is 0.998. The Labute approximate surface area is 110 Å². The van der Waals surface area contributed by atoms with E-state index in [0.717, 1.165) is 43.0 Å². The van der Waals surface area contributed by atoms with Crippen LogP contribution in [0.5, 0.6) is 0 Å². The largest absolute Gasteiger partial charge is 0.355 e. The third-order valence-corrected chi connectivity index (χ3v) is 3.86. The highest BCUT2D eigenvalue weighted by atomic mass is 15.2. The molecule has 0 unspecified atom stereocenters. The molecule has 0 atom stereocenters. The van der Waals surface area contributed by atoms with Gasteiger partial charge in [-0.15, -0.1) is 0 Å². The van der Waals surface area contributed by atoms with Crippen molar-refractivity contribution >= 4 is 5.82 Å². The van der Waals surface area contributed by atoms with Gasteiger partial charge in [0.1, 0.15) is 5.82 Å². The van der Waals surface area contributed by atoms with Crippen LogP contribution in [-0.4, -0.2) is 30.1 Å². The molecule has 1 aliphatic heterocycles. The lowest BCUT2D eigenvalue weighted by Gasteiger charge is -2.34. The van der Waals surface area contributed by atoms with Gasteiger partial charge in [-0.25, -0.2) is 4.98 Å². The average molecular weight is 248 g/mol. The van der Waals surface area contributed by atoms with E-state index in [2.05, 4.69) is 34.0 Å². The number of aromatic nitrogens is 2. The van der Waals surface area contributed by atoms with Crippen molar-refractivity contribution in [1.29, 1.82) is 0 Å². The number of nitrogens with zero attached hydrogens (tertiary/aromatic N) is 3. The maximum Gasteiger partial charge on any atom is 0.147 e. The lowest BCUT2D eigenvalue weighted by Crippen LogP contribution is -2.35. The predicted molar refractivity (Wildman–Crippen MR) is 74.6 cm³/mol. The Kier molecular flexibility index (Phi) is 4.53. The maximum atomic E-state index is 4.51. The van der Waals surface area contributed by atoms with E-state index < -0.39 is 0 Å². The van der Waals surface area contributed by atoms with Gasteiger partial charge in [-0.1, -0.05) is 13.8 Å². The molecule has 1 N–H and O–H groups in total. The van der Waals surface area contributed by atoms with E-state index in [-0.39, 0.29) is 0 Å². The second-order valence-corrected chi connectivity index (χ2v) is 5.46. The summed E-state index contributed by atoms with van der Waals surface area (Å²) >= 11 is 0. The third kappa shape index (κ3) is 3.19. The van der Waals surface area contributed by atoms with E-state index >= 15 is 0 Å². The monoisotopic (exact) mass is 248 g/mol. The molecule has 0 bridgehead atoms. The van der Waals surface area contributed by atoms with Crippen LogP contribution in [0.3, 0.4) is 0 Å². The summed E-state index contributed by atoms with van der Waals surface area (Å²) in [6.07, 6.45) is 6.33. The first-order valence-electron chi connectivity index (χ1n) is 6.91. The molecule has 0 aromatic carbocycles. The number of nitrogens with one attached hydrogen (secondary N) is 1. The number of anilines is 1. The normalized spacial score (nSPS) is 17.4. The van der Waals surface area contributed by atoms with Gasteiger partial charge in [0.2, 0.25) is 0 Å².